The van der Waals surface area contributed by atoms with Gasteiger partial charge in [0.15, 0.2) is 0 Å². The Balaban J connectivity index is 1.99. The third-order valence-electron chi connectivity index (χ3n) is 3.18. The van der Waals surface area contributed by atoms with Crippen LogP contribution in [-0.2, 0) is 21.2 Å². The molecule has 0 aromatic heterocycles. The predicted molar refractivity (Wildman–Crippen MR) is 91.5 cm³/mol. The van der Waals surface area contributed by atoms with Crippen molar-refractivity contribution in [3.8, 4) is 0 Å². The van der Waals surface area contributed by atoms with Crippen LogP contribution in [0.4, 0.5) is 18.9 Å². The van der Waals surface area contributed by atoms with Crippen LogP contribution in [0, 0.1) is 0 Å². The van der Waals surface area contributed by atoms with Crippen LogP contribution in [0.5, 0.6) is 0 Å². The Morgan fingerprint density at radius 1 is 1.00 bits per heavy atom. The molecule has 0 radical (unpaired) electrons. The van der Waals surface area contributed by atoms with Crippen LogP contribution < -0.4 is 10.0 Å². The standard InChI is InChI=1S/C16H14ClF3N2O3S/c17-12-3-7-14(8-4-12)26(24,25)22-13-5-1-11(2-6-13)9-15(23)21-10-16(18,19)20/h1-8,22H,9-10H2,(H,21,23). The van der Waals surface area contributed by atoms with Crippen molar-refractivity contribution in [1.29, 1.82) is 0 Å². The molecule has 0 atom stereocenters. The van der Waals surface area contributed by atoms with Gasteiger partial charge >= 0.3 is 6.18 Å². The van der Waals surface area contributed by atoms with Crippen molar-refractivity contribution in [3.05, 3.63) is 59.1 Å². The second kappa shape index (κ2) is 7.96. The van der Waals surface area contributed by atoms with Crippen LogP contribution in [-0.4, -0.2) is 27.0 Å². The second-order valence-corrected chi connectivity index (χ2v) is 7.44. The van der Waals surface area contributed by atoms with E-state index in [0.717, 1.165) is 0 Å². The van der Waals surface area contributed by atoms with Crippen molar-refractivity contribution < 1.29 is 26.4 Å². The third-order valence-corrected chi connectivity index (χ3v) is 4.83. The van der Waals surface area contributed by atoms with Gasteiger partial charge in [0, 0.05) is 10.7 Å². The average molecular weight is 407 g/mol. The van der Waals surface area contributed by atoms with Crippen LogP contribution in [0.3, 0.4) is 0 Å². The highest BCUT2D eigenvalue weighted by atomic mass is 35.5. The molecular formula is C16H14ClF3N2O3S. The maximum atomic E-state index is 12.2. The SMILES string of the molecule is O=C(Cc1ccc(NS(=O)(=O)c2ccc(Cl)cc2)cc1)NCC(F)(F)F. The number of hydrogen-bond acceptors (Lipinski definition) is 3. The van der Waals surface area contributed by atoms with E-state index < -0.39 is 28.7 Å². The fourth-order valence-electron chi connectivity index (χ4n) is 1.97. The first-order valence-electron chi connectivity index (χ1n) is 7.26. The van der Waals surface area contributed by atoms with Gasteiger partial charge in [0.25, 0.3) is 10.0 Å². The van der Waals surface area contributed by atoms with Gasteiger partial charge in [-0.2, -0.15) is 13.2 Å². The maximum absolute atomic E-state index is 12.2. The molecule has 26 heavy (non-hydrogen) atoms. The summed E-state index contributed by atoms with van der Waals surface area (Å²) in [5, 5.41) is 2.16. The van der Waals surface area contributed by atoms with Gasteiger partial charge in [-0.25, -0.2) is 8.42 Å². The molecule has 0 aliphatic heterocycles. The van der Waals surface area contributed by atoms with Crippen molar-refractivity contribution in [2.24, 2.45) is 0 Å². The molecule has 2 aromatic rings. The van der Waals surface area contributed by atoms with Crippen molar-refractivity contribution in [3.63, 3.8) is 0 Å². The summed E-state index contributed by atoms with van der Waals surface area (Å²) in [7, 11) is -3.80. The van der Waals surface area contributed by atoms with Crippen molar-refractivity contribution in [2.45, 2.75) is 17.5 Å². The van der Waals surface area contributed by atoms with Crippen molar-refractivity contribution in [2.75, 3.05) is 11.3 Å². The lowest BCUT2D eigenvalue weighted by Crippen LogP contribution is -2.34. The minimum absolute atomic E-state index is 0.0255. The van der Waals surface area contributed by atoms with Gasteiger partial charge in [0.1, 0.15) is 6.54 Å². The molecule has 0 saturated carbocycles. The molecule has 0 heterocycles. The van der Waals surface area contributed by atoms with Gasteiger partial charge in [-0.15, -0.1) is 0 Å². The summed E-state index contributed by atoms with van der Waals surface area (Å²) < 4.78 is 62.9. The molecule has 0 aliphatic rings. The third kappa shape index (κ3) is 6.23. The highest BCUT2D eigenvalue weighted by Gasteiger charge is 2.27. The van der Waals surface area contributed by atoms with Gasteiger partial charge < -0.3 is 5.32 Å². The predicted octanol–water partition coefficient (Wildman–Crippen LogP) is 3.36. The number of hydrogen-bond donors (Lipinski definition) is 2. The number of carbonyl (C=O) groups excluding carboxylic acids is 1. The highest BCUT2D eigenvalue weighted by Crippen LogP contribution is 2.19. The van der Waals surface area contributed by atoms with E-state index in [-0.39, 0.29) is 17.0 Å². The highest BCUT2D eigenvalue weighted by molar-refractivity contribution is 7.92. The monoisotopic (exact) mass is 406 g/mol. The number of nitrogens with one attached hydrogen (secondary N) is 2. The lowest BCUT2D eigenvalue weighted by Gasteiger charge is -2.10. The number of alkyl halides is 3. The molecule has 0 bridgehead atoms. The molecule has 0 aliphatic carbocycles. The quantitative estimate of drug-likeness (QED) is 0.772. The summed E-state index contributed by atoms with van der Waals surface area (Å²) in [6.45, 7) is -1.40. The fourth-order valence-corrected chi connectivity index (χ4v) is 3.15. The number of anilines is 1. The molecule has 2 rings (SSSR count). The van der Waals surface area contributed by atoms with Crippen LogP contribution in [0.1, 0.15) is 5.56 Å². The van der Waals surface area contributed by atoms with Gasteiger partial charge in [0.2, 0.25) is 5.91 Å². The molecule has 0 unspecified atom stereocenters. The fraction of sp³-hybridized carbons (Fsp3) is 0.188. The molecule has 0 spiro atoms. The average Bonchev–Trinajstić information content (AvgIpc) is 2.54. The van der Waals surface area contributed by atoms with Crippen molar-refractivity contribution >= 4 is 33.2 Å². The molecule has 2 N–H and O–H groups in total. The van der Waals surface area contributed by atoms with E-state index in [2.05, 4.69) is 4.72 Å². The first-order valence-corrected chi connectivity index (χ1v) is 9.12. The summed E-state index contributed by atoms with van der Waals surface area (Å²) >= 11 is 5.72. The summed E-state index contributed by atoms with van der Waals surface area (Å²) in [6, 6.07) is 11.3. The molecule has 0 fully saturated rings. The Labute approximate surface area is 153 Å². The number of sulfonamides is 1. The van der Waals surface area contributed by atoms with Crippen LogP contribution >= 0.6 is 11.6 Å². The molecule has 2 aromatic carbocycles. The lowest BCUT2D eigenvalue weighted by atomic mass is 10.1. The normalized spacial score (nSPS) is 11.8. The summed E-state index contributed by atoms with van der Waals surface area (Å²) in [5.74, 6) is -0.781. The first-order chi connectivity index (χ1) is 12.0. The zero-order valence-electron chi connectivity index (χ0n) is 13.2. The van der Waals surface area contributed by atoms with Crippen LogP contribution in [0.2, 0.25) is 5.02 Å². The van der Waals surface area contributed by atoms with E-state index in [9.17, 15) is 26.4 Å². The maximum Gasteiger partial charge on any atom is 0.405 e. The minimum atomic E-state index is -4.47. The molecule has 5 nitrogen and oxygen atoms in total. The summed E-state index contributed by atoms with van der Waals surface area (Å²) in [4.78, 5) is 11.5. The largest absolute Gasteiger partial charge is 0.405 e. The molecule has 1 amide bonds. The molecule has 140 valence electrons. The summed E-state index contributed by atoms with van der Waals surface area (Å²) in [5.41, 5.74) is 0.693. The summed E-state index contributed by atoms with van der Waals surface area (Å²) in [6.07, 6.45) is -4.72. The number of rotatable bonds is 6. The Morgan fingerprint density at radius 3 is 2.12 bits per heavy atom. The van der Waals surface area contributed by atoms with Gasteiger partial charge in [-0.05, 0) is 42.0 Å². The Hall–Kier alpha value is -2.26. The second-order valence-electron chi connectivity index (χ2n) is 5.33. The Kier molecular flexibility index (Phi) is 6.14. The Morgan fingerprint density at radius 2 is 1.58 bits per heavy atom. The van der Waals surface area contributed by atoms with Crippen LogP contribution in [0.15, 0.2) is 53.4 Å². The number of halogens is 4. The molecular weight excluding hydrogens is 393 g/mol. The van der Waals surface area contributed by atoms with Gasteiger partial charge in [-0.3, -0.25) is 9.52 Å². The topological polar surface area (TPSA) is 75.3 Å². The number of carbonyl (C=O) groups is 1. The Bertz CT molecular complexity index is 867. The molecule has 10 heteroatoms. The van der Waals surface area contributed by atoms with Crippen molar-refractivity contribution in [1.82, 2.24) is 5.32 Å². The number of amides is 1. The van der Waals surface area contributed by atoms with Crippen LogP contribution in [0.25, 0.3) is 0 Å². The zero-order valence-corrected chi connectivity index (χ0v) is 14.8. The van der Waals surface area contributed by atoms with E-state index in [1.54, 1.807) is 5.32 Å². The van der Waals surface area contributed by atoms with Gasteiger partial charge in [0.05, 0.1) is 11.3 Å². The zero-order chi connectivity index (χ0) is 19.4. The van der Waals surface area contributed by atoms with E-state index in [0.29, 0.717) is 10.6 Å². The molecule has 0 saturated heterocycles. The van der Waals surface area contributed by atoms with E-state index in [1.165, 1.54) is 48.5 Å². The minimum Gasteiger partial charge on any atom is -0.347 e. The van der Waals surface area contributed by atoms with E-state index >= 15 is 0 Å². The van der Waals surface area contributed by atoms with Gasteiger partial charge in [-0.1, -0.05) is 23.7 Å². The lowest BCUT2D eigenvalue weighted by molar-refractivity contribution is -0.138. The van der Waals surface area contributed by atoms with E-state index in [4.69, 9.17) is 11.6 Å². The van der Waals surface area contributed by atoms with E-state index in [1.807, 2.05) is 0 Å². The first kappa shape index (κ1) is 20.1. The number of benzene rings is 2. The smallest absolute Gasteiger partial charge is 0.347 e.